The molecule has 28 heavy (non-hydrogen) atoms. The maximum atomic E-state index is 13.2. The molecule has 2 saturated heterocycles. The molecule has 4 rings (SSSR count). The van der Waals surface area contributed by atoms with Crippen molar-refractivity contribution in [3.05, 3.63) is 65.5 Å². The number of hydrogen-bond acceptors (Lipinski definition) is 5. The van der Waals surface area contributed by atoms with E-state index < -0.39 is 0 Å². The van der Waals surface area contributed by atoms with Gasteiger partial charge < -0.3 is 15.1 Å². The summed E-state index contributed by atoms with van der Waals surface area (Å²) in [4.78, 5) is 24.2. The number of rotatable bonds is 4. The van der Waals surface area contributed by atoms with Crippen molar-refractivity contribution in [2.24, 2.45) is 0 Å². The highest BCUT2D eigenvalue weighted by molar-refractivity contribution is 5.94. The van der Waals surface area contributed by atoms with Gasteiger partial charge in [0.05, 0.1) is 6.04 Å². The van der Waals surface area contributed by atoms with E-state index in [1.54, 1.807) is 6.20 Å². The second kappa shape index (κ2) is 8.82. The Kier molecular flexibility index (Phi) is 6.00. The number of nitrogens with zero attached hydrogens (tertiary/aromatic N) is 4. The number of nitrogens with one attached hydrogen (secondary N) is 1. The summed E-state index contributed by atoms with van der Waals surface area (Å²) in [6.07, 6.45) is 3.63. The molecule has 148 valence electrons. The smallest absolute Gasteiger partial charge is 0.254 e. The van der Waals surface area contributed by atoms with Gasteiger partial charge in [0.15, 0.2) is 0 Å². The number of piperazine rings is 2. The number of aromatic nitrogens is 1. The van der Waals surface area contributed by atoms with Crippen molar-refractivity contribution in [2.75, 3.05) is 52.9 Å². The second-order valence-electron chi connectivity index (χ2n) is 7.78. The molecule has 0 saturated carbocycles. The van der Waals surface area contributed by atoms with Crippen LogP contribution in [-0.4, -0.2) is 78.5 Å². The SMILES string of the molecule is CN1CCN(Cc2ccc(C(=O)N3CCNCC3c3cccnc3)cc2)CC1. The zero-order chi connectivity index (χ0) is 19.3. The van der Waals surface area contributed by atoms with Crippen LogP contribution in [0.15, 0.2) is 48.8 Å². The fourth-order valence-corrected chi connectivity index (χ4v) is 4.00. The molecule has 1 unspecified atom stereocenters. The molecule has 0 radical (unpaired) electrons. The Morgan fingerprint density at radius 2 is 1.89 bits per heavy atom. The van der Waals surface area contributed by atoms with E-state index >= 15 is 0 Å². The van der Waals surface area contributed by atoms with E-state index in [2.05, 4.69) is 39.3 Å². The van der Waals surface area contributed by atoms with Crippen LogP contribution < -0.4 is 5.32 Å². The predicted molar refractivity (Wildman–Crippen MR) is 110 cm³/mol. The minimum absolute atomic E-state index is 0.0277. The molecule has 1 aromatic heterocycles. The summed E-state index contributed by atoms with van der Waals surface area (Å²) >= 11 is 0. The molecule has 2 aliphatic rings. The predicted octanol–water partition coefficient (Wildman–Crippen LogP) is 1.62. The monoisotopic (exact) mass is 379 g/mol. The maximum absolute atomic E-state index is 13.2. The Labute approximate surface area is 167 Å². The van der Waals surface area contributed by atoms with Gasteiger partial charge in [-0.2, -0.15) is 0 Å². The molecule has 3 heterocycles. The number of amides is 1. The van der Waals surface area contributed by atoms with Crippen LogP contribution in [0.3, 0.4) is 0 Å². The minimum atomic E-state index is 0.0277. The van der Waals surface area contributed by atoms with Crippen LogP contribution in [0.4, 0.5) is 0 Å². The molecule has 6 heteroatoms. The lowest BCUT2D eigenvalue weighted by Gasteiger charge is -2.36. The van der Waals surface area contributed by atoms with Gasteiger partial charge in [-0.25, -0.2) is 0 Å². The number of carbonyl (C=O) groups is 1. The third kappa shape index (κ3) is 4.41. The van der Waals surface area contributed by atoms with E-state index in [4.69, 9.17) is 0 Å². The summed E-state index contributed by atoms with van der Waals surface area (Å²) in [5.74, 6) is 0.0986. The Bertz CT molecular complexity index is 771. The Morgan fingerprint density at radius 1 is 1.11 bits per heavy atom. The van der Waals surface area contributed by atoms with Crippen molar-refractivity contribution in [1.82, 2.24) is 25.0 Å². The van der Waals surface area contributed by atoms with Crippen LogP contribution in [0.2, 0.25) is 0 Å². The molecule has 6 nitrogen and oxygen atoms in total. The Morgan fingerprint density at radius 3 is 2.61 bits per heavy atom. The van der Waals surface area contributed by atoms with Gasteiger partial charge in [0.25, 0.3) is 5.91 Å². The van der Waals surface area contributed by atoms with Crippen LogP contribution in [-0.2, 0) is 6.54 Å². The summed E-state index contributed by atoms with van der Waals surface area (Å²) in [6.45, 7) is 7.69. The van der Waals surface area contributed by atoms with Gasteiger partial charge in [-0.05, 0) is 36.4 Å². The van der Waals surface area contributed by atoms with Gasteiger partial charge in [-0.15, -0.1) is 0 Å². The third-order valence-corrected chi connectivity index (χ3v) is 5.78. The lowest BCUT2D eigenvalue weighted by Crippen LogP contribution is -2.48. The summed E-state index contributed by atoms with van der Waals surface area (Å²) in [7, 11) is 2.17. The van der Waals surface area contributed by atoms with Crippen molar-refractivity contribution in [1.29, 1.82) is 0 Å². The van der Waals surface area contributed by atoms with Crippen molar-refractivity contribution in [2.45, 2.75) is 12.6 Å². The van der Waals surface area contributed by atoms with Gasteiger partial charge >= 0.3 is 0 Å². The first-order chi connectivity index (χ1) is 13.7. The van der Waals surface area contributed by atoms with Gasteiger partial charge in [0.1, 0.15) is 0 Å². The highest BCUT2D eigenvalue weighted by atomic mass is 16.2. The van der Waals surface area contributed by atoms with E-state index in [-0.39, 0.29) is 11.9 Å². The van der Waals surface area contributed by atoms with E-state index in [0.29, 0.717) is 6.54 Å². The number of pyridine rings is 1. The van der Waals surface area contributed by atoms with Crippen molar-refractivity contribution >= 4 is 5.91 Å². The number of carbonyl (C=O) groups excluding carboxylic acids is 1. The quantitative estimate of drug-likeness (QED) is 0.875. The Balaban J connectivity index is 1.43. The van der Waals surface area contributed by atoms with Crippen LogP contribution >= 0.6 is 0 Å². The molecular formula is C22H29N5O. The third-order valence-electron chi connectivity index (χ3n) is 5.78. The second-order valence-corrected chi connectivity index (χ2v) is 7.78. The Hall–Kier alpha value is -2.28. The minimum Gasteiger partial charge on any atom is -0.329 e. The maximum Gasteiger partial charge on any atom is 0.254 e. The molecule has 0 bridgehead atoms. The largest absolute Gasteiger partial charge is 0.329 e. The topological polar surface area (TPSA) is 51.7 Å². The molecule has 1 atom stereocenters. The van der Waals surface area contributed by atoms with Crippen LogP contribution in [0, 0.1) is 0 Å². The van der Waals surface area contributed by atoms with Gasteiger partial charge in [-0.3, -0.25) is 14.7 Å². The van der Waals surface area contributed by atoms with Crippen LogP contribution in [0.1, 0.15) is 27.5 Å². The summed E-state index contributed by atoms with van der Waals surface area (Å²) in [6, 6.07) is 12.2. The zero-order valence-corrected chi connectivity index (χ0v) is 16.6. The fraction of sp³-hybridized carbons (Fsp3) is 0.455. The zero-order valence-electron chi connectivity index (χ0n) is 16.6. The molecular weight excluding hydrogens is 350 g/mol. The molecule has 1 amide bonds. The van der Waals surface area contributed by atoms with E-state index in [0.717, 1.165) is 56.9 Å². The molecule has 2 fully saturated rings. The van der Waals surface area contributed by atoms with Gasteiger partial charge in [0.2, 0.25) is 0 Å². The summed E-state index contributed by atoms with van der Waals surface area (Å²) in [5.41, 5.74) is 3.11. The van der Waals surface area contributed by atoms with E-state index in [9.17, 15) is 4.79 Å². The fourth-order valence-electron chi connectivity index (χ4n) is 4.00. The summed E-state index contributed by atoms with van der Waals surface area (Å²) < 4.78 is 0. The summed E-state index contributed by atoms with van der Waals surface area (Å²) in [5, 5.41) is 3.40. The average molecular weight is 380 g/mol. The normalized spacial score (nSPS) is 21.6. The lowest BCUT2D eigenvalue weighted by atomic mass is 10.0. The van der Waals surface area contributed by atoms with Gasteiger partial charge in [-0.1, -0.05) is 18.2 Å². The van der Waals surface area contributed by atoms with Crippen LogP contribution in [0.5, 0.6) is 0 Å². The highest BCUT2D eigenvalue weighted by Gasteiger charge is 2.28. The molecule has 1 N–H and O–H groups in total. The first-order valence-electron chi connectivity index (χ1n) is 10.1. The van der Waals surface area contributed by atoms with Crippen LogP contribution in [0.25, 0.3) is 0 Å². The number of benzene rings is 1. The van der Waals surface area contributed by atoms with Crippen molar-refractivity contribution < 1.29 is 4.79 Å². The molecule has 0 aliphatic carbocycles. The standard InChI is InChI=1S/C22H29N5O/c1-25-11-13-26(14-12-25)17-18-4-6-19(7-5-18)22(28)27-10-9-24-16-21(27)20-3-2-8-23-15-20/h2-8,15,21,24H,9-14,16-17H2,1H3. The number of hydrogen-bond donors (Lipinski definition) is 1. The highest BCUT2D eigenvalue weighted by Crippen LogP contribution is 2.24. The molecule has 1 aromatic carbocycles. The van der Waals surface area contributed by atoms with Crippen molar-refractivity contribution in [3.8, 4) is 0 Å². The molecule has 2 aromatic rings. The average Bonchev–Trinajstić information content (AvgIpc) is 2.76. The lowest BCUT2D eigenvalue weighted by molar-refractivity contribution is 0.0634. The molecule has 2 aliphatic heterocycles. The first-order valence-corrected chi connectivity index (χ1v) is 10.1. The van der Waals surface area contributed by atoms with Crippen molar-refractivity contribution in [3.63, 3.8) is 0 Å². The first kappa shape index (κ1) is 19.1. The van der Waals surface area contributed by atoms with Gasteiger partial charge in [0, 0.05) is 70.3 Å². The van der Waals surface area contributed by atoms with E-state index in [1.165, 1.54) is 5.56 Å². The van der Waals surface area contributed by atoms with E-state index in [1.807, 2.05) is 35.4 Å². The molecule has 0 spiro atoms. The number of likely N-dealkylation sites (N-methyl/N-ethyl adjacent to an activating group) is 1.